The number of rotatable bonds is 4. The molecule has 1 aromatic heterocycles. The van der Waals surface area contributed by atoms with Crippen LogP contribution >= 0.6 is 11.6 Å². The van der Waals surface area contributed by atoms with Gasteiger partial charge in [0.25, 0.3) is 0 Å². The number of anilines is 1. The third-order valence-electron chi connectivity index (χ3n) is 3.28. The first-order chi connectivity index (χ1) is 9.69. The Hall–Kier alpha value is -1.80. The highest BCUT2D eigenvalue weighted by Crippen LogP contribution is 2.14. The van der Waals surface area contributed by atoms with Gasteiger partial charge in [0.2, 0.25) is 5.91 Å². The lowest BCUT2D eigenvalue weighted by Crippen LogP contribution is -2.36. The molecule has 1 fully saturated rings. The normalized spacial score (nSPS) is 14.7. The van der Waals surface area contributed by atoms with E-state index in [9.17, 15) is 4.79 Å². The molecule has 0 radical (unpaired) electrons. The zero-order valence-electron chi connectivity index (χ0n) is 11.2. The van der Waals surface area contributed by atoms with E-state index in [1.807, 2.05) is 11.0 Å². The number of nitriles is 1. The van der Waals surface area contributed by atoms with Crippen molar-refractivity contribution in [3.8, 4) is 6.07 Å². The molecule has 0 spiro atoms. The Bertz CT molecular complexity index is 520. The van der Waals surface area contributed by atoms with E-state index >= 15 is 0 Å². The van der Waals surface area contributed by atoms with Crippen LogP contribution < -0.4 is 5.32 Å². The lowest BCUT2D eigenvalue weighted by Gasteiger charge is -2.26. The first-order valence-corrected chi connectivity index (χ1v) is 7.16. The predicted molar refractivity (Wildman–Crippen MR) is 77.5 cm³/mol. The molecule has 1 saturated heterocycles. The highest BCUT2D eigenvalue weighted by atomic mass is 35.5. The van der Waals surface area contributed by atoms with Gasteiger partial charge in [-0.3, -0.25) is 4.79 Å². The summed E-state index contributed by atoms with van der Waals surface area (Å²) in [6.07, 6.45) is 3.84. The molecule has 1 aliphatic heterocycles. The number of nitrogens with one attached hydrogen (secondary N) is 1. The summed E-state index contributed by atoms with van der Waals surface area (Å²) in [7, 11) is 0. The van der Waals surface area contributed by atoms with Crippen molar-refractivity contribution in [3.63, 3.8) is 0 Å². The second-order valence-electron chi connectivity index (χ2n) is 4.79. The highest BCUT2D eigenvalue weighted by molar-refractivity contribution is 6.29. The number of halogens is 1. The number of pyridine rings is 1. The van der Waals surface area contributed by atoms with Gasteiger partial charge < -0.3 is 10.2 Å². The Morgan fingerprint density at radius 1 is 1.40 bits per heavy atom. The Labute approximate surface area is 123 Å². The zero-order chi connectivity index (χ0) is 14.4. The van der Waals surface area contributed by atoms with E-state index in [-0.39, 0.29) is 11.1 Å². The molecular weight excluding hydrogens is 276 g/mol. The molecule has 1 aliphatic rings. The monoisotopic (exact) mass is 292 g/mol. The number of hydrogen-bond acceptors (Lipinski definition) is 4. The molecule has 0 aromatic carbocycles. The summed E-state index contributed by atoms with van der Waals surface area (Å²) < 4.78 is 0. The average Bonchev–Trinajstić information content (AvgIpc) is 2.47. The summed E-state index contributed by atoms with van der Waals surface area (Å²) in [5.74, 6) is 0.695. The minimum atomic E-state index is 0.166. The van der Waals surface area contributed by atoms with E-state index in [0.717, 1.165) is 25.9 Å². The van der Waals surface area contributed by atoms with E-state index in [4.69, 9.17) is 16.9 Å². The minimum absolute atomic E-state index is 0.166. The van der Waals surface area contributed by atoms with Crippen molar-refractivity contribution >= 4 is 23.3 Å². The second-order valence-corrected chi connectivity index (χ2v) is 5.18. The quantitative estimate of drug-likeness (QED) is 0.865. The summed E-state index contributed by atoms with van der Waals surface area (Å²) in [5.41, 5.74) is 0.454. The number of likely N-dealkylation sites (tertiary alicyclic amines) is 1. The van der Waals surface area contributed by atoms with Crippen LogP contribution in [0, 0.1) is 11.3 Å². The van der Waals surface area contributed by atoms with Crippen molar-refractivity contribution in [2.24, 2.45) is 0 Å². The molecule has 0 saturated carbocycles. The number of aromatic nitrogens is 1. The summed E-state index contributed by atoms with van der Waals surface area (Å²) in [6, 6.07) is 5.15. The van der Waals surface area contributed by atoms with Gasteiger partial charge in [0, 0.05) is 26.1 Å². The van der Waals surface area contributed by atoms with Crippen molar-refractivity contribution in [2.75, 3.05) is 25.0 Å². The average molecular weight is 293 g/mol. The van der Waals surface area contributed by atoms with Crippen LogP contribution in [0.4, 0.5) is 5.82 Å². The van der Waals surface area contributed by atoms with Crippen LogP contribution in [0.1, 0.15) is 31.2 Å². The summed E-state index contributed by atoms with van der Waals surface area (Å²) in [5, 5.41) is 12.2. The Morgan fingerprint density at radius 3 is 2.85 bits per heavy atom. The standard InChI is InChI=1S/C14H17ClN4O/c15-12-8-11(10-16)9-13(18-12)17-5-4-14(20)19-6-2-1-3-7-19/h8-9H,1-7H2,(H,17,18). The maximum atomic E-state index is 12.0. The summed E-state index contributed by atoms with van der Waals surface area (Å²) in [4.78, 5) is 17.9. The fourth-order valence-corrected chi connectivity index (χ4v) is 2.46. The van der Waals surface area contributed by atoms with Crippen LogP contribution in [0.2, 0.25) is 5.15 Å². The van der Waals surface area contributed by atoms with Crippen LogP contribution in [-0.4, -0.2) is 35.4 Å². The molecule has 2 heterocycles. The molecular formula is C14H17ClN4O. The SMILES string of the molecule is N#Cc1cc(Cl)nc(NCCC(=O)N2CCCCC2)c1. The number of hydrogen-bond donors (Lipinski definition) is 1. The number of nitrogens with zero attached hydrogens (tertiary/aromatic N) is 3. The van der Waals surface area contributed by atoms with Gasteiger partial charge in [-0.05, 0) is 31.4 Å². The maximum Gasteiger partial charge on any atom is 0.224 e. The predicted octanol–water partition coefficient (Wildman–Crippen LogP) is 2.42. The van der Waals surface area contributed by atoms with Crippen molar-refractivity contribution in [1.82, 2.24) is 9.88 Å². The van der Waals surface area contributed by atoms with Crippen LogP contribution in [0.25, 0.3) is 0 Å². The zero-order valence-corrected chi connectivity index (χ0v) is 12.0. The first-order valence-electron chi connectivity index (χ1n) is 6.78. The van der Waals surface area contributed by atoms with Gasteiger partial charge in [-0.1, -0.05) is 11.6 Å². The largest absolute Gasteiger partial charge is 0.369 e. The van der Waals surface area contributed by atoms with Crippen molar-refractivity contribution in [1.29, 1.82) is 5.26 Å². The lowest BCUT2D eigenvalue weighted by atomic mass is 10.1. The third-order valence-corrected chi connectivity index (χ3v) is 3.47. The van der Waals surface area contributed by atoms with Crippen LogP contribution in [0.3, 0.4) is 0 Å². The fourth-order valence-electron chi connectivity index (χ4n) is 2.25. The van der Waals surface area contributed by atoms with Crippen molar-refractivity contribution < 1.29 is 4.79 Å². The molecule has 0 aliphatic carbocycles. The molecule has 106 valence electrons. The summed E-state index contributed by atoms with van der Waals surface area (Å²) in [6.45, 7) is 2.23. The third kappa shape index (κ3) is 4.10. The van der Waals surface area contributed by atoms with Crippen LogP contribution in [-0.2, 0) is 4.79 Å². The number of piperidine rings is 1. The molecule has 0 atom stereocenters. The molecule has 5 nitrogen and oxygen atoms in total. The fraction of sp³-hybridized carbons (Fsp3) is 0.500. The molecule has 1 amide bonds. The Morgan fingerprint density at radius 2 is 2.15 bits per heavy atom. The molecule has 6 heteroatoms. The molecule has 2 rings (SSSR count). The van der Waals surface area contributed by atoms with Gasteiger partial charge in [0.1, 0.15) is 11.0 Å². The van der Waals surface area contributed by atoms with Gasteiger partial charge in [-0.15, -0.1) is 0 Å². The molecule has 20 heavy (non-hydrogen) atoms. The van der Waals surface area contributed by atoms with E-state index in [1.54, 1.807) is 6.07 Å². The molecule has 0 bridgehead atoms. The van der Waals surface area contributed by atoms with Gasteiger partial charge in [-0.25, -0.2) is 4.98 Å². The number of amides is 1. The highest BCUT2D eigenvalue weighted by Gasteiger charge is 2.15. The number of carbonyl (C=O) groups excluding carboxylic acids is 1. The van der Waals surface area contributed by atoms with Crippen LogP contribution in [0.5, 0.6) is 0 Å². The minimum Gasteiger partial charge on any atom is -0.369 e. The Balaban J connectivity index is 1.82. The first kappa shape index (κ1) is 14.6. The van der Waals surface area contributed by atoms with Gasteiger partial charge in [0.15, 0.2) is 0 Å². The maximum absolute atomic E-state index is 12.0. The lowest BCUT2D eigenvalue weighted by molar-refractivity contribution is -0.131. The topological polar surface area (TPSA) is 69.0 Å². The van der Waals surface area contributed by atoms with Crippen LogP contribution in [0.15, 0.2) is 12.1 Å². The Kier molecular flexibility index (Phi) is 5.19. The molecule has 0 unspecified atom stereocenters. The smallest absolute Gasteiger partial charge is 0.224 e. The van der Waals surface area contributed by atoms with Gasteiger partial charge in [-0.2, -0.15) is 5.26 Å². The molecule has 1 N–H and O–H groups in total. The van der Waals surface area contributed by atoms with Gasteiger partial charge in [0.05, 0.1) is 11.6 Å². The van der Waals surface area contributed by atoms with Gasteiger partial charge >= 0.3 is 0 Å². The van der Waals surface area contributed by atoms with E-state index in [0.29, 0.717) is 24.3 Å². The van der Waals surface area contributed by atoms with E-state index in [1.165, 1.54) is 12.5 Å². The van der Waals surface area contributed by atoms with Crippen molar-refractivity contribution in [3.05, 3.63) is 22.8 Å². The number of carbonyl (C=O) groups is 1. The summed E-state index contributed by atoms with van der Waals surface area (Å²) >= 11 is 5.81. The van der Waals surface area contributed by atoms with Crippen molar-refractivity contribution in [2.45, 2.75) is 25.7 Å². The van der Waals surface area contributed by atoms with E-state index < -0.39 is 0 Å². The second kappa shape index (κ2) is 7.11. The molecule has 1 aromatic rings. The van der Waals surface area contributed by atoms with E-state index in [2.05, 4.69) is 10.3 Å².